The topological polar surface area (TPSA) is 30.7 Å². The number of nitrogens with zero attached hydrogens (tertiary/aromatic N) is 3. The summed E-state index contributed by atoms with van der Waals surface area (Å²) < 4.78 is 2.16. The van der Waals surface area contributed by atoms with E-state index in [2.05, 4.69) is 143 Å². The van der Waals surface area contributed by atoms with Crippen molar-refractivity contribution in [2.75, 3.05) is 0 Å². The predicted octanol–water partition coefficient (Wildman–Crippen LogP) is 10.6. The molecule has 0 fully saturated rings. The fraction of sp³-hybridized carbons (Fsp3) is 0.0233. The summed E-state index contributed by atoms with van der Waals surface area (Å²) in [5.41, 5.74) is 11.5. The molecule has 0 saturated heterocycles. The Labute approximate surface area is 276 Å². The molecule has 0 saturated carbocycles. The summed E-state index contributed by atoms with van der Waals surface area (Å²) in [6.45, 7) is 0. The molecule has 0 N–H and O–H groups in total. The van der Waals surface area contributed by atoms with Crippen LogP contribution < -0.4 is 0 Å². The molecule has 1 aliphatic carbocycles. The van der Waals surface area contributed by atoms with Gasteiger partial charge in [-0.1, -0.05) is 121 Å². The van der Waals surface area contributed by atoms with Gasteiger partial charge in [0, 0.05) is 38.5 Å². The molecule has 8 aromatic rings. The van der Waals surface area contributed by atoms with E-state index >= 15 is 0 Å². The van der Waals surface area contributed by atoms with Gasteiger partial charge in [0.1, 0.15) is 11.5 Å². The van der Waals surface area contributed by atoms with Crippen molar-refractivity contribution in [3.8, 4) is 16.9 Å². The number of hydrogen-bond acceptors (Lipinski definition) is 3. The zero-order chi connectivity index (χ0) is 31.0. The molecule has 220 valence electrons. The predicted molar refractivity (Wildman–Crippen MR) is 193 cm³/mol. The van der Waals surface area contributed by atoms with Crippen molar-refractivity contribution < 1.29 is 0 Å². The van der Waals surface area contributed by atoms with Crippen molar-refractivity contribution in [1.82, 2.24) is 14.5 Å². The molecule has 0 atom stereocenters. The summed E-state index contributed by atoms with van der Waals surface area (Å²) in [6, 6.07) is 50.6. The van der Waals surface area contributed by atoms with Crippen LogP contribution in [0.1, 0.15) is 33.4 Å². The van der Waals surface area contributed by atoms with Gasteiger partial charge in [-0.15, -0.1) is 0 Å². The van der Waals surface area contributed by atoms with E-state index in [1.807, 2.05) is 42.4 Å². The SMILES string of the molecule is C1=Cc2ccc(-c3cnc4c(c3)c3ccccc3n4-c3ccccn3)cc2C2(c3ccccc31)c1ccccc1Sc1ccccc12. The van der Waals surface area contributed by atoms with E-state index in [-0.39, 0.29) is 0 Å². The smallest absolute Gasteiger partial charge is 0.146 e. The Morgan fingerprint density at radius 2 is 1.19 bits per heavy atom. The summed E-state index contributed by atoms with van der Waals surface area (Å²) in [5, 5.41) is 2.28. The lowest BCUT2D eigenvalue weighted by molar-refractivity contribution is 0.701. The molecule has 10 rings (SSSR count). The van der Waals surface area contributed by atoms with E-state index < -0.39 is 5.41 Å². The summed E-state index contributed by atoms with van der Waals surface area (Å²) in [4.78, 5) is 12.4. The van der Waals surface area contributed by atoms with Crippen molar-refractivity contribution in [3.63, 3.8) is 0 Å². The third-order valence-corrected chi connectivity index (χ3v) is 10.9. The minimum Gasteiger partial charge on any atom is -0.278 e. The molecule has 2 aliphatic rings. The van der Waals surface area contributed by atoms with Crippen LogP contribution in [0.15, 0.2) is 162 Å². The fourth-order valence-corrected chi connectivity index (χ4v) is 9.00. The molecule has 5 aromatic carbocycles. The molecule has 4 heteroatoms. The number of fused-ring (bicyclic) bond motifs is 11. The summed E-state index contributed by atoms with van der Waals surface area (Å²) >= 11 is 1.87. The van der Waals surface area contributed by atoms with E-state index in [0.29, 0.717) is 0 Å². The van der Waals surface area contributed by atoms with Crippen LogP contribution in [0.25, 0.3) is 51.0 Å². The van der Waals surface area contributed by atoms with Gasteiger partial charge in [0.15, 0.2) is 0 Å². The van der Waals surface area contributed by atoms with Gasteiger partial charge >= 0.3 is 0 Å². The van der Waals surface area contributed by atoms with Gasteiger partial charge in [-0.3, -0.25) is 4.57 Å². The highest BCUT2D eigenvalue weighted by Crippen LogP contribution is 2.58. The van der Waals surface area contributed by atoms with Crippen molar-refractivity contribution in [2.45, 2.75) is 15.2 Å². The monoisotopic (exact) mass is 617 g/mol. The average molecular weight is 618 g/mol. The van der Waals surface area contributed by atoms with Crippen LogP contribution in [0.2, 0.25) is 0 Å². The van der Waals surface area contributed by atoms with Crippen LogP contribution in [-0.2, 0) is 5.41 Å². The number of hydrogen-bond donors (Lipinski definition) is 0. The second kappa shape index (κ2) is 10.1. The van der Waals surface area contributed by atoms with E-state index in [1.54, 1.807) is 0 Å². The summed E-state index contributed by atoms with van der Waals surface area (Å²) in [7, 11) is 0. The van der Waals surface area contributed by atoms with Gasteiger partial charge in [-0.2, -0.15) is 0 Å². The highest BCUT2D eigenvalue weighted by molar-refractivity contribution is 7.99. The molecule has 4 heterocycles. The highest BCUT2D eigenvalue weighted by Gasteiger charge is 2.46. The molecule has 0 unspecified atom stereocenters. The fourth-order valence-electron chi connectivity index (χ4n) is 7.81. The largest absolute Gasteiger partial charge is 0.278 e. The molecule has 1 spiro atoms. The van der Waals surface area contributed by atoms with Crippen molar-refractivity contribution >= 4 is 45.9 Å². The van der Waals surface area contributed by atoms with Crippen molar-refractivity contribution in [1.29, 1.82) is 0 Å². The Morgan fingerprint density at radius 3 is 1.98 bits per heavy atom. The minimum atomic E-state index is -0.490. The van der Waals surface area contributed by atoms with Crippen LogP contribution in [0, 0.1) is 0 Å². The first-order valence-corrected chi connectivity index (χ1v) is 16.7. The lowest BCUT2D eigenvalue weighted by Gasteiger charge is -2.42. The normalized spacial score (nSPS) is 14.0. The number of benzene rings is 5. The first-order valence-electron chi connectivity index (χ1n) is 15.9. The summed E-state index contributed by atoms with van der Waals surface area (Å²) in [6.07, 6.45) is 8.44. The second-order valence-electron chi connectivity index (χ2n) is 12.2. The first-order chi connectivity index (χ1) is 23.3. The van der Waals surface area contributed by atoms with Crippen LogP contribution >= 0.6 is 11.8 Å². The second-order valence-corrected chi connectivity index (χ2v) is 13.3. The van der Waals surface area contributed by atoms with Gasteiger partial charge in [0.2, 0.25) is 0 Å². The molecule has 0 bridgehead atoms. The van der Waals surface area contributed by atoms with Crippen molar-refractivity contribution in [3.05, 3.63) is 185 Å². The maximum atomic E-state index is 5.12. The summed E-state index contributed by atoms with van der Waals surface area (Å²) in [5.74, 6) is 0.865. The third-order valence-electron chi connectivity index (χ3n) is 9.79. The van der Waals surface area contributed by atoms with Gasteiger partial charge in [-0.05, 0) is 81.4 Å². The molecule has 0 amide bonds. The molecule has 47 heavy (non-hydrogen) atoms. The zero-order valence-corrected chi connectivity index (χ0v) is 26.2. The number of rotatable bonds is 2. The van der Waals surface area contributed by atoms with E-state index in [9.17, 15) is 0 Å². The third kappa shape index (κ3) is 3.76. The van der Waals surface area contributed by atoms with Gasteiger partial charge in [-0.25, -0.2) is 9.97 Å². The Hall–Kier alpha value is -5.71. The van der Waals surface area contributed by atoms with Crippen LogP contribution in [0.4, 0.5) is 0 Å². The quantitative estimate of drug-likeness (QED) is 0.193. The molecule has 3 aromatic heterocycles. The Morgan fingerprint density at radius 1 is 0.511 bits per heavy atom. The standard InChI is InChI=1S/C43H27N3S/c1-3-13-34-28(11-1)20-21-29-22-23-30(26-37(29)43(34)35-14-4-7-17-39(35)47-40-18-8-5-15-36(40)43)31-25-33-32-12-2-6-16-38(32)46(42(33)45-27-31)41-19-9-10-24-44-41/h1-27H. The van der Waals surface area contributed by atoms with Gasteiger partial charge in [0.05, 0.1) is 10.9 Å². The van der Waals surface area contributed by atoms with E-state index in [0.717, 1.165) is 38.9 Å². The number of pyridine rings is 2. The maximum absolute atomic E-state index is 5.12. The zero-order valence-electron chi connectivity index (χ0n) is 25.3. The highest BCUT2D eigenvalue weighted by atomic mass is 32.2. The average Bonchev–Trinajstić information content (AvgIpc) is 3.39. The number of aromatic nitrogens is 3. The van der Waals surface area contributed by atoms with Crippen LogP contribution in [-0.4, -0.2) is 14.5 Å². The van der Waals surface area contributed by atoms with Gasteiger partial charge in [0.25, 0.3) is 0 Å². The molecular weight excluding hydrogens is 591 g/mol. The molecule has 3 nitrogen and oxygen atoms in total. The van der Waals surface area contributed by atoms with E-state index in [4.69, 9.17) is 4.98 Å². The minimum absolute atomic E-state index is 0.490. The number of para-hydroxylation sites is 1. The molecule has 0 radical (unpaired) electrons. The van der Waals surface area contributed by atoms with Crippen molar-refractivity contribution in [2.24, 2.45) is 0 Å². The molecular formula is C43H27N3S. The maximum Gasteiger partial charge on any atom is 0.146 e. The Kier molecular flexibility index (Phi) is 5.72. The van der Waals surface area contributed by atoms with E-state index in [1.165, 1.54) is 43.2 Å². The molecule has 1 aliphatic heterocycles. The lowest BCUT2D eigenvalue weighted by atomic mass is 9.63. The Bertz CT molecular complexity index is 2520. The Balaban J connectivity index is 1.26. The lowest BCUT2D eigenvalue weighted by Crippen LogP contribution is -2.35. The first kappa shape index (κ1) is 26.5. The van der Waals surface area contributed by atoms with Gasteiger partial charge < -0.3 is 0 Å². The van der Waals surface area contributed by atoms with Crippen LogP contribution in [0.3, 0.4) is 0 Å². The van der Waals surface area contributed by atoms with Crippen LogP contribution in [0.5, 0.6) is 0 Å².